The summed E-state index contributed by atoms with van der Waals surface area (Å²) in [6, 6.07) is 0. The monoisotopic (exact) mass is 165 g/mol. The third kappa shape index (κ3) is 0.973. The second kappa shape index (κ2) is 2.51. The molecule has 0 bridgehead atoms. The number of fused-ring (bicyclic) bond motifs is 1. The molecule has 11 heavy (non-hydrogen) atoms. The third-order valence-electron chi connectivity index (χ3n) is 1.56. The van der Waals surface area contributed by atoms with Gasteiger partial charge in [-0.3, -0.25) is 9.10 Å². The van der Waals surface area contributed by atoms with Crippen LogP contribution in [0.4, 0.5) is 0 Å². The summed E-state index contributed by atoms with van der Waals surface area (Å²) in [5.74, 6) is 0. The van der Waals surface area contributed by atoms with Gasteiger partial charge in [0.1, 0.15) is 0 Å². The van der Waals surface area contributed by atoms with E-state index in [1.807, 2.05) is 40.2 Å². The summed E-state index contributed by atoms with van der Waals surface area (Å²) in [6.45, 7) is 0. The van der Waals surface area contributed by atoms with E-state index >= 15 is 0 Å². The molecule has 0 radical (unpaired) electrons. The van der Waals surface area contributed by atoms with Gasteiger partial charge >= 0.3 is 0 Å². The standard InChI is InChI=1S/C8H7NOS/c10-7-11-6-4-8-3-1-2-5-9(8)11/h1-7H. The second-order valence-corrected chi connectivity index (χ2v) is 3.75. The maximum atomic E-state index is 10.5. The van der Waals surface area contributed by atoms with Gasteiger partial charge in [0.2, 0.25) is 0 Å². The van der Waals surface area contributed by atoms with Gasteiger partial charge in [-0.05, 0) is 34.3 Å². The van der Waals surface area contributed by atoms with E-state index in [-0.39, 0.29) is 10.7 Å². The van der Waals surface area contributed by atoms with Crippen LogP contribution in [0, 0.1) is 0 Å². The first-order chi connectivity index (χ1) is 5.42. The van der Waals surface area contributed by atoms with Crippen molar-refractivity contribution in [3.63, 3.8) is 0 Å². The quantitative estimate of drug-likeness (QED) is 0.433. The van der Waals surface area contributed by atoms with Crippen molar-refractivity contribution in [1.82, 2.24) is 4.31 Å². The molecule has 0 saturated carbocycles. The molecule has 0 aliphatic carbocycles. The molecule has 0 amide bonds. The van der Waals surface area contributed by atoms with Crippen molar-refractivity contribution in [2.75, 3.05) is 0 Å². The number of carbonyl (C=O) groups is 1. The normalized spacial score (nSPS) is 26.0. The first-order valence-electron chi connectivity index (χ1n) is 3.28. The smallest absolute Gasteiger partial charge is 0.189 e. The van der Waals surface area contributed by atoms with Crippen LogP contribution in [0.25, 0.3) is 0 Å². The van der Waals surface area contributed by atoms with Crippen molar-refractivity contribution in [2.45, 2.75) is 0 Å². The molecule has 0 N–H and O–H groups in total. The number of rotatable bonds is 1. The minimum Gasteiger partial charge on any atom is -0.292 e. The molecule has 0 spiro atoms. The number of nitrogens with zero attached hydrogens (tertiary/aromatic N) is 1. The fraction of sp³-hybridized carbons (Fsp3) is 0. The highest BCUT2D eigenvalue weighted by atomic mass is 32.2. The molecule has 1 atom stereocenters. The van der Waals surface area contributed by atoms with Gasteiger partial charge in [-0.1, -0.05) is 6.08 Å². The van der Waals surface area contributed by atoms with E-state index in [1.54, 1.807) is 0 Å². The van der Waals surface area contributed by atoms with Gasteiger partial charge in [0.15, 0.2) is 5.62 Å². The highest BCUT2D eigenvalue weighted by Crippen LogP contribution is 2.30. The number of hydrogen-bond acceptors (Lipinski definition) is 2. The molecule has 0 aromatic rings. The maximum absolute atomic E-state index is 10.5. The van der Waals surface area contributed by atoms with Crippen LogP contribution in [0.5, 0.6) is 0 Å². The zero-order valence-corrected chi connectivity index (χ0v) is 6.62. The van der Waals surface area contributed by atoms with Crippen molar-refractivity contribution in [1.29, 1.82) is 0 Å². The zero-order valence-electron chi connectivity index (χ0n) is 5.81. The van der Waals surface area contributed by atoms with Crippen LogP contribution in [0.15, 0.2) is 36.2 Å². The summed E-state index contributed by atoms with van der Waals surface area (Å²) < 4.78 is 1.97. The van der Waals surface area contributed by atoms with Crippen LogP contribution in [0.3, 0.4) is 0 Å². The number of allylic oxidation sites excluding steroid dienone is 4. The van der Waals surface area contributed by atoms with Gasteiger partial charge in [0, 0.05) is 6.20 Å². The lowest BCUT2D eigenvalue weighted by Crippen LogP contribution is -2.06. The average molecular weight is 165 g/mol. The molecule has 0 fully saturated rings. The molecule has 56 valence electrons. The lowest BCUT2D eigenvalue weighted by Gasteiger charge is -2.18. The predicted molar refractivity (Wildman–Crippen MR) is 48.6 cm³/mol. The fourth-order valence-corrected chi connectivity index (χ4v) is 2.19. The average Bonchev–Trinajstić information content (AvgIpc) is 2.47. The Bertz CT molecular complexity index is 300. The summed E-state index contributed by atoms with van der Waals surface area (Å²) in [7, 11) is -0.354. The largest absolute Gasteiger partial charge is 0.292 e. The van der Waals surface area contributed by atoms with Crippen LogP contribution in [-0.2, 0) is 4.79 Å². The molecule has 0 aromatic heterocycles. The van der Waals surface area contributed by atoms with Gasteiger partial charge in [-0.25, -0.2) is 0 Å². The number of hydrogen-bond donors (Lipinski definition) is 0. The lowest BCUT2D eigenvalue weighted by molar-refractivity contribution is 0.568. The summed E-state index contributed by atoms with van der Waals surface area (Å²) in [5.41, 5.74) is 2.07. The van der Waals surface area contributed by atoms with E-state index in [4.69, 9.17) is 0 Å². The topological polar surface area (TPSA) is 20.3 Å². The van der Waals surface area contributed by atoms with E-state index in [1.165, 1.54) is 0 Å². The minimum atomic E-state index is -0.354. The fourth-order valence-electron chi connectivity index (χ4n) is 1.05. The molecule has 1 unspecified atom stereocenters. The molecule has 3 heteroatoms. The summed E-state index contributed by atoms with van der Waals surface area (Å²) in [5, 5.41) is 1.92. The number of carbonyl (C=O) groups excluding carboxylic acids is 1. The summed E-state index contributed by atoms with van der Waals surface area (Å²) in [4.78, 5) is 10.5. The summed E-state index contributed by atoms with van der Waals surface area (Å²) >= 11 is 0. The van der Waals surface area contributed by atoms with E-state index in [0.29, 0.717) is 0 Å². The predicted octanol–water partition coefficient (Wildman–Crippen LogP) is 1.45. The van der Waals surface area contributed by atoms with Crippen LogP contribution in [0.2, 0.25) is 0 Å². The van der Waals surface area contributed by atoms with Crippen molar-refractivity contribution in [3.8, 4) is 0 Å². The van der Waals surface area contributed by atoms with Gasteiger partial charge in [0.05, 0.1) is 5.70 Å². The zero-order chi connectivity index (χ0) is 7.68. The Morgan fingerprint density at radius 2 is 2.36 bits per heavy atom. The highest BCUT2D eigenvalue weighted by Gasteiger charge is 2.13. The van der Waals surface area contributed by atoms with Gasteiger partial charge in [-0.15, -0.1) is 0 Å². The minimum absolute atomic E-state index is 0.354. The first-order valence-corrected chi connectivity index (χ1v) is 4.59. The van der Waals surface area contributed by atoms with Crippen molar-refractivity contribution in [2.24, 2.45) is 0 Å². The molecule has 2 nitrogen and oxygen atoms in total. The van der Waals surface area contributed by atoms with Gasteiger partial charge in [0.25, 0.3) is 0 Å². The van der Waals surface area contributed by atoms with Crippen LogP contribution >= 0.6 is 10.7 Å². The molecular weight excluding hydrogens is 158 g/mol. The molecular formula is C8H7NOS. The van der Waals surface area contributed by atoms with E-state index in [2.05, 4.69) is 0 Å². The SMILES string of the molecule is O=CS1=CC=C2C=CC=CN21. The van der Waals surface area contributed by atoms with Crippen molar-refractivity contribution in [3.05, 3.63) is 36.2 Å². The van der Waals surface area contributed by atoms with Crippen LogP contribution < -0.4 is 0 Å². The highest BCUT2D eigenvalue weighted by molar-refractivity contribution is 8.24. The lowest BCUT2D eigenvalue weighted by atomic mass is 10.3. The van der Waals surface area contributed by atoms with Gasteiger partial charge < -0.3 is 0 Å². The molecule has 2 aliphatic rings. The summed E-state index contributed by atoms with van der Waals surface area (Å²) in [6.07, 6.45) is 9.78. The Kier molecular flexibility index (Phi) is 1.51. The van der Waals surface area contributed by atoms with Crippen LogP contribution in [0.1, 0.15) is 0 Å². The van der Waals surface area contributed by atoms with E-state index in [0.717, 1.165) is 11.3 Å². The molecule has 2 heterocycles. The molecule has 0 aromatic carbocycles. The first kappa shape index (κ1) is 6.61. The molecule has 0 saturated heterocycles. The Morgan fingerprint density at radius 1 is 1.45 bits per heavy atom. The van der Waals surface area contributed by atoms with Gasteiger partial charge in [-0.2, -0.15) is 0 Å². The second-order valence-electron chi connectivity index (χ2n) is 2.20. The van der Waals surface area contributed by atoms with E-state index in [9.17, 15) is 4.79 Å². The molecule has 2 aliphatic heterocycles. The molecule has 2 rings (SSSR count). The maximum Gasteiger partial charge on any atom is 0.189 e. The third-order valence-corrected chi connectivity index (χ3v) is 2.96. The van der Waals surface area contributed by atoms with E-state index < -0.39 is 0 Å². The Labute approximate surface area is 67.6 Å². The van der Waals surface area contributed by atoms with Crippen LogP contribution in [-0.4, -0.2) is 15.3 Å². The van der Waals surface area contributed by atoms with Crippen molar-refractivity contribution >= 4 is 21.7 Å². The Hall–Kier alpha value is -1.09. The Balaban J connectivity index is 2.36. The Morgan fingerprint density at radius 3 is 3.18 bits per heavy atom. The van der Waals surface area contributed by atoms with Crippen molar-refractivity contribution < 1.29 is 4.79 Å².